The average Bonchev–Trinajstić information content (AvgIpc) is 2.74. The molecule has 3 rings (SSSR count). The van der Waals surface area contributed by atoms with E-state index in [4.69, 9.17) is 15.2 Å². The second-order valence-electron chi connectivity index (χ2n) is 5.77. The fraction of sp³-hybridized carbons (Fsp3) is 0.333. The molecular formula is C18H21NO2. The minimum Gasteiger partial charge on any atom is -0.497 e. The number of benzene rings is 2. The lowest BCUT2D eigenvalue weighted by Crippen LogP contribution is -2.27. The number of ether oxygens (including phenoxy) is 2. The molecule has 1 aliphatic carbocycles. The number of hydrogen-bond donors (Lipinski definition) is 1. The molecule has 2 aromatic carbocycles. The van der Waals surface area contributed by atoms with E-state index in [-0.39, 0.29) is 12.1 Å². The molecule has 0 radical (unpaired) electrons. The normalized spacial score (nSPS) is 20.2. The van der Waals surface area contributed by atoms with Crippen LogP contribution in [0.4, 0.5) is 0 Å². The summed E-state index contributed by atoms with van der Waals surface area (Å²) in [5.74, 6) is 1.74. The van der Waals surface area contributed by atoms with Crippen LogP contribution >= 0.6 is 0 Å². The molecule has 3 heteroatoms. The Morgan fingerprint density at radius 1 is 1.00 bits per heavy atom. The number of nitrogens with two attached hydrogens (primary N) is 1. The molecule has 21 heavy (non-hydrogen) atoms. The van der Waals surface area contributed by atoms with Crippen LogP contribution in [-0.4, -0.2) is 13.2 Å². The summed E-state index contributed by atoms with van der Waals surface area (Å²) in [7, 11) is 1.67. The molecule has 0 spiro atoms. The predicted molar refractivity (Wildman–Crippen MR) is 84.0 cm³/mol. The summed E-state index contributed by atoms with van der Waals surface area (Å²) in [6, 6.07) is 12.2. The SMILES string of the molecule is COc1ccc2c(c1)C(N)C(Oc1cc(C)cc(C)c1)C2. The van der Waals surface area contributed by atoms with Crippen LogP contribution in [0.5, 0.6) is 11.5 Å². The molecule has 0 saturated heterocycles. The Balaban J connectivity index is 1.82. The van der Waals surface area contributed by atoms with Crippen LogP contribution in [0.3, 0.4) is 0 Å². The van der Waals surface area contributed by atoms with Crippen molar-refractivity contribution in [1.82, 2.24) is 0 Å². The van der Waals surface area contributed by atoms with Gasteiger partial charge in [0.05, 0.1) is 13.2 Å². The highest BCUT2D eigenvalue weighted by Crippen LogP contribution is 2.35. The molecule has 3 nitrogen and oxygen atoms in total. The largest absolute Gasteiger partial charge is 0.497 e. The molecule has 0 fully saturated rings. The molecular weight excluding hydrogens is 262 g/mol. The smallest absolute Gasteiger partial charge is 0.122 e. The van der Waals surface area contributed by atoms with Crippen molar-refractivity contribution in [2.75, 3.05) is 7.11 Å². The van der Waals surface area contributed by atoms with Gasteiger partial charge in [-0.2, -0.15) is 0 Å². The van der Waals surface area contributed by atoms with Crippen molar-refractivity contribution in [3.05, 3.63) is 58.7 Å². The van der Waals surface area contributed by atoms with Gasteiger partial charge in [-0.1, -0.05) is 12.1 Å². The average molecular weight is 283 g/mol. The van der Waals surface area contributed by atoms with Crippen molar-refractivity contribution >= 4 is 0 Å². The van der Waals surface area contributed by atoms with Gasteiger partial charge in [0.1, 0.15) is 17.6 Å². The lowest BCUT2D eigenvalue weighted by Gasteiger charge is -2.19. The fourth-order valence-corrected chi connectivity index (χ4v) is 3.03. The third-order valence-electron chi connectivity index (χ3n) is 4.02. The van der Waals surface area contributed by atoms with Crippen molar-refractivity contribution in [2.24, 2.45) is 5.73 Å². The van der Waals surface area contributed by atoms with E-state index in [2.05, 4.69) is 38.1 Å². The van der Waals surface area contributed by atoms with E-state index in [9.17, 15) is 0 Å². The van der Waals surface area contributed by atoms with Gasteiger partial charge < -0.3 is 15.2 Å². The van der Waals surface area contributed by atoms with Crippen molar-refractivity contribution in [2.45, 2.75) is 32.4 Å². The molecule has 2 N–H and O–H groups in total. The maximum absolute atomic E-state index is 6.36. The third-order valence-corrected chi connectivity index (χ3v) is 4.02. The highest BCUT2D eigenvalue weighted by atomic mass is 16.5. The summed E-state index contributed by atoms with van der Waals surface area (Å²) >= 11 is 0. The lowest BCUT2D eigenvalue weighted by molar-refractivity contribution is 0.185. The zero-order valence-electron chi connectivity index (χ0n) is 12.7. The van der Waals surface area contributed by atoms with Crippen LogP contribution in [0.2, 0.25) is 0 Å². The van der Waals surface area contributed by atoms with Crippen molar-refractivity contribution in [3.8, 4) is 11.5 Å². The number of aryl methyl sites for hydroxylation is 2. The molecule has 0 saturated carbocycles. The standard InChI is InChI=1S/C18H21NO2/c1-11-6-12(2)8-15(7-11)21-17-9-13-4-5-14(20-3)10-16(13)18(17)19/h4-8,10,17-18H,9,19H2,1-3H3. The molecule has 2 atom stereocenters. The second-order valence-corrected chi connectivity index (χ2v) is 5.77. The van der Waals surface area contributed by atoms with Gasteiger partial charge in [-0.3, -0.25) is 0 Å². The van der Waals surface area contributed by atoms with Crippen molar-refractivity contribution in [1.29, 1.82) is 0 Å². The minimum atomic E-state index is -0.115. The quantitative estimate of drug-likeness (QED) is 0.940. The molecule has 0 amide bonds. The van der Waals surface area contributed by atoms with E-state index in [0.717, 1.165) is 23.5 Å². The van der Waals surface area contributed by atoms with Crippen LogP contribution in [0, 0.1) is 13.8 Å². The third kappa shape index (κ3) is 2.74. The van der Waals surface area contributed by atoms with Crippen LogP contribution in [0.1, 0.15) is 28.3 Å². The zero-order valence-corrected chi connectivity index (χ0v) is 12.7. The van der Waals surface area contributed by atoms with Gasteiger partial charge >= 0.3 is 0 Å². The summed E-state index contributed by atoms with van der Waals surface area (Å²) in [5.41, 5.74) is 11.1. The van der Waals surface area contributed by atoms with Gasteiger partial charge in [0.25, 0.3) is 0 Å². The van der Waals surface area contributed by atoms with Crippen LogP contribution in [-0.2, 0) is 6.42 Å². The Labute approximate surface area is 125 Å². The number of methoxy groups -OCH3 is 1. The Bertz CT molecular complexity index is 646. The molecule has 0 aromatic heterocycles. The zero-order chi connectivity index (χ0) is 15.0. The maximum Gasteiger partial charge on any atom is 0.122 e. The van der Waals surface area contributed by atoms with Crippen molar-refractivity contribution < 1.29 is 9.47 Å². The number of fused-ring (bicyclic) bond motifs is 1. The molecule has 0 aliphatic heterocycles. The van der Waals surface area contributed by atoms with Gasteiger partial charge in [-0.05, 0) is 60.4 Å². The van der Waals surface area contributed by atoms with E-state index in [1.54, 1.807) is 7.11 Å². The summed E-state index contributed by atoms with van der Waals surface area (Å²) < 4.78 is 11.4. The Morgan fingerprint density at radius 3 is 2.38 bits per heavy atom. The van der Waals surface area contributed by atoms with E-state index < -0.39 is 0 Å². The second kappa shape index (κ2) is 5.41. The lowest BCUT2D eigenvalue weighted by atomic mass is 10.1. The first kappa shape index (κ1) is 14.0. The predicted octanol–water partition coefficient (Wildman–Crippen LogP) is 3.32. The van der Waals surface area contributed by atoms with E-state index >= 15 is 0 Å². The molecule has 0 bridgehead atoms. The van der Waals surface area contributed by atoms with Crippen molar-refractivity contribution in [3.63, 3.8) is 0 Å². The highest BCUT2D eigenvalue weighted by molar-refractivity contribution is 5.43. The monoisotopic (exact) mass is 283 g/mol. The summed E-state index contributed by atoms with van der Waals surface area (Å²) in [4.78, 5) is 0. The van der Waals surface area contributed by atoms with E-state index in [1.807, 2.05) is 12.1 Å². The highest BCUT2D eigenvalue weighted by Gasteiger charge is 2.31. The molecule has 1 aliphatic rings. The first-order chi connectivity index (χ1) is 10.1. The summed E-state index contributed by atoms with van der Waals surface area (Å²) in [6.07, 6.45) is 0.821. The van der Waals surface area contributed by atoms with Gasteiger partial charge in [-0.15, -0.1) is 0 Å². The summed E-state index contributed by atoms with van der Waals surface area (Å²) in [6.45, 7) is 4.15. The summed E-state index contributed by atoms with van der Waals surface area (Å²) in [5, 5.41) is 0. The van der Waals surface area contributed by atoms with Crippen LogP contribution in [0.15, 0.2) is 36.4 Å². The maximum atomic E-state index is 6.36. The van der Waals surface area contributed by atoms with Gasteiger partial charge in [-0.25, -0.2) is 0 Å². The van der Waals surface area contributed by atoms with Crippen LogP contribution < -0.4 is 15.2 Å². The molecule has 2 unspecified atom stereocenters. The molecule has 0 heterocycles. The Morgan fingerprint density at radius 2 is 1.71 bits per heavy atom. The van der Waals surface area contributed by atoms with Gasteiger partial charge in [0.15, 0.2) is 0 Å². The van der Waals surface area contributed by atoms with E-state index in [0.29, 0.717) is 0 Å². The fourth-order valence-electron chi connectivity index (χ4n) is 3.03. The Hall–Kier alpha value is -2.00. The molecule has 2 aromatic rings. The Kier molecular flexibility index (Phi) is 3.60. The van der Waals surface area contributed by atoms with Crippen LogP contribution in [0.25, 0.3) is 0 Å². The molecule has 110 valence electrons. The van der Waals surface area contributed by atoms with E-state index in [1.165, 1.54) is 16.7 Å². The first-order valence-electron chi connectivity index (χ1n) is 7.24. The van der Waals surface area contributed by atoms with Gasteiger partial charge in [0.2, 0.25) is 0 Å². The minimum absolute atomic E-state index is 0.0201. The topological polar surface area (TPSA) is 44.5 Å². The van der Waals surface area contributed by atoms with Gasteiger partial charge in [0, 0.05) is 6.42 Å². The first-order valence-corrected chi connectivity index (χ1v) is 7.24. The number of hydrogen-bond acceptors (Lipinski definition) is 3. The number of rotatable bonds is 3.